The monoisotopic (exact) mass is 375 g/mol. The zero-order chi connectivity index (χ0) is 20.8. The van der Waals surface area contributed by atoms with Gasteiger partial charge in [-0.05, 0) is 45.2 Å². The minimum atomic E-state index is -0.466. The van der Waals surface area contributed by atoms with Gasteiger partial charge in [0.05, 0.1) is 0 Å². The Morgan fingerprint density at radius 3 is 2.30 bits per heavy atom. The molecule has 1 amide bonds. The van der Waals surface area contributed by atoms with Crippen molar-refractivity contribution in [3.05, 3.63) is 59.2 Å². The first kappa shape index (κ1) is 24.1. The summed E-state index contributed by atoms with van der Waals surface area (Å²) in [6, 6.07) is 6.02. The Labute approximate surface area is 161 Å². The molecule has 0 heterocycles. The fraction of sp³-hybridized carbons (Fsp3) is 0.381. The number of amides is 1. The number of hydrogen-bond donors (Lipinski definition) is 1. The molecule has 148 valence electrons. The molecule has 0 saturated heterocycles. The van der Waals surface area contributed by atoms with Gasteiger partial charge >= 0.3 is 5.97 Å². The summed E-state index contributed by atoms with van der Waals surface area (Å²) in [5, 5.41) is 3.05. The molecule has 0 aliphatic heterocycles. The van der Waals surface area contributed by atoms with Gasteiger partial charge < -0.3 is 14.8 Å². The average Bonchev–Trinajstić information content (AvgIpc) is 2.55. The first-order chi connectivity index (χ1) is 12.7. The van der Waals surface area contributed by atoms with Gasteiger partial charge in [-0.3, -0.25) is 14.4 Å². The predicted molar refractivity (Wildman–Crippen MR) is 105 cm³/mol. The zero-order valence-electron chi connectivity index (χ0n) is 16.7. The van der Waals surface area contributed by atoms with Crippen LogP contribution in [0.2, 0.25) is 0 Å². The van der Waals surface area contributed by atoms with Gasteiger partial charge in [-0.1, -0.05) is 42.5 Å². The number of carbonyl (C=O) groups is 3. The Morgan fingerprint density at radius 2 is 1.81 bits per heavy atom. The molecule has 1 rings (SSSR count). The van der Waals surface area contributed by atoms with Gasteiger partial charge in [-0.2, -0.15) is 0 Å². The predicted octanol–water partition coefficient (Wildman–Crippen LogP) is 3.62. The second-order valence-electron chi connectivity index (χ2n) is 6.11. The number of rotatable bonds is 8. The van der Waals surface area contributed by atoms with Crippen LogP contribution in [0.3, 0.4) is 0 Å². The molecular weight excluding hydrogens is 346 g/mol. The van der Waals surface area contributed by atoms with Crippen molar-refractivity contribution in [2.45, 2.75) is 47.1 Å². The van der Waals surface area contributed by atoms with Crippen molar-refractivity contribution in [1.29, 1.82) is 0 Å². The van der Waals surface area contributed by atoms with E-state index in [0.717, 1.165) is 23.1 Å². The maximum absolute atomic E-state index is 12.3. The van der Waals surface area contributed by atoms with Crippen molar-refractivity contribution in [2.24, 2.45) is 0 Å². The molecule has 27 heavy (non-hydrogen) atoms. The van der Waals surface area contributed by atoms with Gasteiger partial charge in [-0.25, -0.2) is 0 Å². The van der Waals surface area contributed by atoms with Crippen molar-refractivity contribution in [3.63, 3.8) is 0 Å². The Kier molecular flexibility index (Phi) is 11.9. The first-order valence-electron chi connectivity index (χ1n) is 8.56. The Balaban J connectivity index is 0.000000713. The molecule has 1 unspecified atom stereocenters. The number of allylic oxidation sites excluding steroid dienone is 2. The maximum atomic E-state index is 12.3. The number of benzene rings is 1. The lowest BCUT2D eigenvalue weighted by Gasteiger charge is -2.16. The second kappa shape index (κ2) is 13.3. The summed E-state index contributed by atoms with van der Waals surface area (Å²) in [4.78, 5) is 31.6. The third-order valence-corrected chi connectivity index (χ3v) is 3.51. The van der Waals surface area contributed by atoms with Crippen molar-refractivity contribution < 1.29 is 23.9 Å². The quantitative estimate of drug-likeness (QED) is 0.247. The van der Waals surface area contributed by atoms with Crippen LogP contribution < -0.4 is 5.32 Å². The number of carbonyl (C=O) groups excluding carboxylic acids is 3. The molecular formula is C21H29NO5. The summed E-state index contributed by atoms with van der Waals surface area (Å²) < 4.78 is 8.21. The minimum absolute atomic E-state index is 0.00880. The number of nitrogens with one attached hydrogen (secondary N) is 1. The smallest absolute Gasteiger partial charge is 0.305 e. The van der Waals surface area contributed by atoms with Crippen LogP contribution in [-0.4, -0.2) is 31.2 Å². The molecule has 0 aliphatic carbocycles. The normalized spacial score (nSPS) is 11.4. The Hall–Kier alpha value is -2.89. The molecule has 0 aliphatic rings. The van der Waals surface area contributed by atoms with E-state index >= 15 is 0 Å². The van der Waals surface area contributed by atoms with Crippen molar-refractivity contribution in [2.75, 3.05) is 6.79 Å². The molecule has 0 spiro atoms. The van der Waals surface area contributed by atoms with Crippen LogP contribution in [-0.2, 0) is 19.1 Å². The van der Waals surface area contributed by atoms with Crippen LogP contribution in [0.25, 0.3) is 0 Å². The van der Waals surface area contributed by atoms with Gasteiger partial charge in [0, 0.05) is 18.5 Å². The minimum Gasteiger partial charge on any atom is -0.430 e. The van der Waals surface area contributed by atoms with Crippen LogP contribution in [0.4, 0.5) is 0 Å². The highest BCUT2D eigenvalue weighted by Crippen LogP contribution is 2.14. The molecule has 1 aromatic rings. The molecule has 0 aromatic heterocycles. The molecule has 6 nitrogen and oxygen atoms in total. The van der Waals surface area contributed by atoms with Crippen LogP contribution in [0, 0.1) is 13.8 Å². The van der Waals surface area contributed by atoms with Gasteiger partial charge in [0.2, 0.25) is 6.79 Å². The summed E-state index contributed by atoms with van der Waals surface area (Å²) in [5.41, 5.74) is 4.04. The lowest BCUT2D eigenvalue weighted by atomic mass is 10.0. The highest BCUT2D eigenvalue weighted by molar-refractivity contribution is 5.97. The second-order valence-corrected chi connectivity index (χ2v) is 6.11. The lowest BCUT2D eigenvalue weighted by Crippen LogP contribution is -2.33. The number of aryl methyl sites for hydroxylation is 2. The summed E-state index contributed by atoms with van der Waals surface area (Å²) >= 11 is 0. The standard InChI is InChI=1S/C17H23NO.C4H6O4/c1-6-8-12(2)11-15(5)18-17(19)16-13(3)9-7-10-14(16)4;1-4(6)8-3-7-2-5/h6-10,15H,1,11H2,2-5H3,(H,18,19);2H,3H2,1H3/b12-8+;. The van der Waals surface area contributed by atoms with Crippen LogP contribution in [0.1, 0.15) is 48.7 Å². The molecule has 6 heteroatoms. The molecule has 0 bridgehead atoms. The van der Waals surface area contributed by atoms with Crippen LogP contribution in [0.15, 0.2) is 42.5 Å². The van der Waals surface area contributed by atoms with Gasteiger partial charge in [0.25, 0.3) is 12.4 Å². The fourth-order valence-electron chi connectivity index (χ4n) is 2.42. The molecule has 0 fully saturated rings. The van der Waals surface area contributed by atoms with Gasteiger partial charge in [0.1, 0.15) is 0 Å². The van der Waals surface area contributed by atoms with E-state index in [0.29, 0.717) is 0 Å². The van der Waals surface area contributed by atoms with Gasteiger partial charge in [-0.15, -0.1) is 0 Å². The Morgan fingerprint density at radius 1 is 1.22 bits per heavy atom. The number of ether oxygens (including phenoxy) is 2. The molecule has 0 radical (unpaired) electrons. The fourth-order valence-corrected chi connectivity index (χ4v) is 2.42. The SMILES string of the molecule is C=C/C=C(\C)CC(C)NC(=O)c1c(C)cccc1C.CC(=O)OCOC=O. The zero-order valence-corrected chi connectivity index (χ0v) is 16.7. The molecule has 0 saturated carbocycles. The first-order valence-corrected chi connectivity index (χ1v) is 8.56. The topological polar surface area (TPSA) is 81.7 Å². The summed E-state index contributed by atoms with van der Waals surface area (Å²) in [6.07, 6.45) is 4.58. The third-order valence-electron chi connectivity index (χ3n) is 3.51. The van der Waals surface area contributed by atoms with E-state index in [1.807, 2.05) is 52.0 Å². The van der Waals surface area contributed by atoms with E-state index in [2.05, 4.69) is 21.4 Å². The lowest BCUT2D eigenvalue weighted by molar-refractivity contribution is -0.157. The largest absolute Gasteiger partial charge is 0.430 e. The molecule has 1 aromatic carbocycles. The maximum Gasteiger partial charge on any atom is 0.305 e. The van der Waals surface area contributed by atoms with Crippen molar-refractivity contribution >= 4 is 18.3 Å². The van der Waals surface area contributed by atoms with E-state index in [-0.39, 0.29) is 25.2 Å². The average molecular weight is 375 g/mol. The third kappa shape index (κ3) is 10.6. The summed E-state index contributed by atoms with van der Waals surface area (Å²) in [7, 11) is 0. The van der Waals surface area contributed by atoms with E-state index in [1.54, 1.807) is 6.08 Å². The number of esters is 1. The molecule has 1 N–H and O–H groups in total. The summed E-state index contributed by atoms with van der Waals surface area (Å²) in [5.74, 6) is -0.457. The van der Waals surface area contributed by atoms with E-state index in [4.69, 9.17) is 0 Å². The highest BCUT2D eigenvalue weighted by Gasteiger charge is 2.14. The van der Waals surface area contributed by atoms with E-state index in [1.165, 1.54) is 12.5 Å². The van der Waals surface area contributed by atoms with E-state index in [9.17, 15) is 14.4 Å². The van der Waals surface area contributed by atoms with Crippen molar-refractivity contribution in [1.82, 2.24) is 5.32 Å². The highest BCUT2D eigenvalue weighted by atomic mass is 16.7. The molecule has 1 atom stereocenters. The van der Waals surface area contributed by atoms with Gasteiger partial charge in [0.15, 0.2) is 0 Å². The van der Waals surface area contributed by atoms with Crippen LogP contribution >= 0.6 is 0 Å². The summed E-state index contributed by atoms with van der Waals surface area (Å²) in [6.45, 7) is 12.8. The van der Waals surface area contributed by atoms with E-state index < -0.39 is 5.97 Å². The van der Waals surface area contributed by atoms with Crippen molar-refractivity contribution in [3.8, 4) is 0 Å². The Bertz CT molecular complexity index is 659. The number of hydrogen-bond acceptors (Lipinski definition) is 5. The van der Waals surface area contributed by atoms with Crippen LogP contribution in [0.5, 0.6) is 0 Å².